The molecule has 0 spiro atoms. The van der Waals surface area contributed by atoms with Gasteiger partial charge in [0.15, 0.2) is 0 Å². The van der Waals surface area contributed by atoms with Crippen molar-refractivity contribution in [1.29, 1.82) is 0 Å². The van der Waals surface area contributed by atoms with Gasteiger partial charge in [0, 0.05) is 6.54 Å². The Morgan fingerprint density at radius 3 is 2.53 bits per heavy atom. The second-order valence-corrected chi connectivity index (χ2v) is 5.69. The molecule has 2 rings (SSSR count). The van der Waals surface area contributed by atoms with Gasteiger partial charge in [-0.25, -0.2) is 0 Å². The molecular weight excluding hydrogens is 234 g/mol. The van der Waals surface area contributed by atoms with Gasteiger partial charge in [-0.2, -0.15) is 0 Å². The third kappa shape index (κ3) is 4.63. The Kier molecular flexibility index (Phi) is 5.87. The highest BCUT2D eigenvalue weighted by atomic mass is 16.5. The highest BCUT2D eigenvalue weighted by Crippen LogP contribution is 2.32. The third-order valence-electron chi connectivity index (χ3n) is 4.03. The first-order valence-corrected chi connectivity index (χ1v) is 7.73. The molecule has 1 fully saturated rings. The lowest BCUT2D eigenvalue weighted by Gasteiger charge is -2.37. The average molecular weight is 261 g/mol. The van der Waals surface area contributed by atoms with Crippen LogP contribution in [0.3, 0.4) is 0 Å². The minimum Gasteiger partial charge on any atom is -0.369 e. The summed E-state index contributed by atoms with van der Waals surface area (Å²) in [6, 6.07) is 10.5. The minimum absolute atomic E-state index is 0.0727. The van der Waals surface area contributed by atoms with Gasteiger partial charge in [-0.05, 0) is 31.4 Å². The highest BCUT2D eigenvalue weighted by molar-refractivity contribution is 5.13. The Morgan fingerprint density at radius 2 is 1.84 bits per heavy atom. The van der Waals surface area contributed by atoms with Gasteiger partial charge in [-0.1, -0.05) is 56.5 Å². The molecule has 0 aromatic heterocycles. The Labute approximate surface area is 117 Å². The van der Waals surface area contributed by atoms with Gasteiger partial charge in [0.1, 0.15) is 0 Å². The summed E-state index contributed by atoms with van der Waals surface area (Å²) in [6.45, 7) is 5.06. The standard InChI is InChI=1S/C17H27NO/c1-2-13-18-15-17(11-7-4-8-12-17)19-14-16-9-5-3-6-10-16/h3,5-6,9-10,18H,2,4,7-8,11-15H2,1H3. The molecule has 1 aromatic carbocycles. The van der Waals surface area contributed by atoms with Crippen LogP contribution in [-0.2, 0) is 11.3 Å². The van der Waals surface area contributed by atoms with Crippen LogP contribution in [0.25, 0.3) is 0 Å². The first-order valence-electron chi connectivity index (χ1n) is 7.73. The van der Waals surface area contributed by atoms with Crippen molar-refractivity contribution in [1.82, 2.24) is 5.32 Å². The van der Waals surface area contributed by atoms with Crippen molar-refractivity contribution < 1.29 is 4.74 Å². The number of ether oxygens (including phenoxy) is 1. The molecule has 0 bridgehead atoms. The summed E-state index contributed by atoms with van der Waals surface area (Å²) in [6.07, 6.45) is 7.58. The number of benzene rings is 1. The second-order valence-electron chi connectivity index (χ2n) is 5.69. The number of hydrogen-bond acceptors (Lipinski definition) is 2. The Hall–Kier alpha value is -0.860. The van der Waals surface area contributed by atoms with Gasteiger partial charge >= 0.3 is 0 Å². The monoisotopic (exact) mass is 261 g/mol. The number of rotatable bonds is 7. The summed E-state index contributed by atoms with van der Waals surface area (Å²) in [5.74, 6) is 0. The Balaban J connectivity index is 1.89. The molecule has 1 N–H and O–H groups in total. The van der Waals surface area contributed by atoms with E-state index in [1.165, 1.54) is 44.1 Å². The minimum atomic E-state index is 0.0727. The molecule has 2 heteroatoms. The maximum Gasteiger partial charge on any atom is 0.0810 e. The lowest BCUT2D eigenvalue weighted by atomic mass is 9.84. The van der Waals surface area contributed by atoms with E-state index >= 15 is 0 Å². The van der Waals surface area contributed by atoms with E-state index in [-0.39, 0.29) is 5.60 Å². The van der Waals surface area contributed by atoms with Crippen LogP contribution in [0.4, 0.5) is 0 Å². The fourth-order valence-electron chi connectivity index (χ4n) is 2.87. The number of nitrogens with one attached hydrogen (secondary N) is 1. The van der Waals surface area contributed by atoms with Gasteiger partial charge in [0.25, 0.3) is 0 Å². The SMILES string of the molecule is CCCNCC1(OCc2ccccc2)CCCCC1. The molecule has 2 nitrogen and oxygen atoms in total. The predicted octanol–water partition coefficient (Wildman–Crippen LogP) is 3.91. The van der Waals surface area contributed by atoms with Crippen LogP contribution in [-0.4, -0.2) is 18.7 Å². The molecule has 0 unspecified atom stereocenters. The summed E-state index contributed by atoms with van der Waals surface area (Å²) >= 11 is 0. The fourth-order valence-corrected chi connectivity index (χ4v) is 2.87. The maximum atomic E-state index is 6.34. The van der Waals surface area contributed by atoms with Crippen molar-refractivity contribution >= 4 is 0 Å². The Morgan fingerprint density at radius 1 is 1.11 bits per heavy atom. The second kappa shape index (κ2) is 7.66. The molecule has 0 radical (unpaired) electrons. The van der Waals surface area contributed by atoms with Crippen molar-refractivity contribution in [3.05, 3.63) is 35.9 Å². The average Bonchev–Trinajstić information content (AvgIpc) is 2.48. The zero-order valence-electron chi connectivity index (χ0n) is 12.2. The normalized spacial score (nSPS) is 18.4. The largest absolute Gasteiger partial charge is 0.369 e. The van der Waals surface area contributed by atoms with Crippen LogP contribution in [0.1, 0.15) is 51.0 Å². The van der Waals surface area contributed by atoms with E-state index < -0.39 is 0 Å². The molecule has 0 atom stereocenters. The molecule has 0 heterocycles. The van der Waals surface area contributed by atoms with E-state index in [0.29, 0.717) is 0 Å². The van der Waals surface area contributed by atoms with E-state index in [1.54, 1.807) is 0 Å². The lowest BCUT2D eigenvalue weighted by Crippen LogP contribution is -2.44. The van der Waals surface area contributed by atoms with Gasteiger partial charge in [-0.3, -0.25) is 0 Å². The topological polar surface area (TPSA) is 21.3 Å². The van der Waals surface area contributed by atoms with E-state index in [0.717, 1.165) is 19.7 Å². The van der Waals surface area contributed by atoms with Crippen LogP contribution in [0.15, 0.2) is 30.3 Å². The van der Waals surface area contributed by atoms with Gasteiger partial charge < -0.3 is 10.1 Å². The zero-order chi connectivity index (χ0) is 13.4. The lowest BCUT2D eigenvalue weighted by molar-refractivity contribution is -0.0784. The molecule has 1 saturated carbocycles. The van der Waals surface area contributed by atoms with Crippen molar-refractivity contribution in [2.75, 3.05) is 13.1 Å². The summed E-state index contributed by atoms with van der Waals surface area (Å²) < 4.78 is 6.34. The third-order valence-corrected chi connectivity index (χ3v) is 4.03. The van der Waals surface area contributed by atoms with E-state index in [4.69, 9.17) is 4.74 Å². The van der Waals surface area contributed by atoms with E-state index in [9.17, 15) is 0 Å². The van der Waals surface area contributed by atoms with Crippen LogP contribution in [0.2, 0.25) is 0 Å². The van der Waals surface area contributed by atoms with Crippen LogP contribution in [0.5, 0.6) is 0 Å². The zero-order valence-corrected chi connectivity index (χ0v) is 12.2. The van der Waals surface area contributed by atoms with Gasteiger partial charge in [-0.15, -0.1) is 0 Å². The highest BCUT2D eigenvalue weighted by Gasteiger charge is 2.32. The summed E-state index contributed by atoms with van der Waals surface area (Å²) in [5, 5.41) is 3.56. The summed E-state index contributed by atoms with van der Waals surface area (Å²) in [5.41, 5.74) is 1.35. The number of hydrogen-bond donors (Lipinski definition) is 1. The molecule has 1 aliphatic rings. The molecule has 1 aliphatic carbocycles. The molecule has 106 valence electrons. The molecular formula is C17H27NO. The maximum absolute atomic E-state index is 6.34. The first-order chi connectivity index (χ1) is 9.35. The fraction of sp³-hybridized carbons (Fsp3) is 0.647. The van der Waals surface area contributed by atoms with Crippen molar-refractivity contribution in [3.63, 3.8) is 0 Å². The molecule has 0 amide bonds. The van der Waals surface area contributed by atoms with Crippen LogP contribution in [0, 0.1) is 0 Å². The van der Waals surface area contributed by atoms with Crippen molar-refractivity contribution in [3.8, 4) is 0 Å². The smallest absolute Gasteiger partial charge is 0.0810 e. The van der Waals surface area contributed by atoms with Crippen molar-refractivity contribution in [2.45, 2.75) is 57.7 Å². The first kappa shape index (κ1) is 14.5. The van der Waals surface area contributed by atoms with Gasteiger partial charge in [0.05, 0.1) is 12.2 Å². The predicted molar refractivity (Wildman–Crippen MR) is 80.2 cm³/mol. The van der Waals surface area contributed by atoms with E-state index in [1.807, 2.05) is 0 Å². The van der Waals surface area contributed by atoms with Gasteiger partial charge in [0.2, 0.25) is 0 Å². The molecule has 0 aliphatic heterocycles. The van der Waals surface area contributed by atoms with E-state index in [2.05, 4.69) is 42.6 Å². The molecule has 1 aromatic rings. The molecule has 0 saturated heterocycles. The van der Waals surface area contributed by atoms with Crippen molar-refractivity contribution in [2.24, 2.45) is 0 Å². The summed E-state index contributed by atoms with van der Waals surface area (Å²) in [4.78, 5) is 0. The van der Waals surface area contributed by atoms with Crippen LogP contribution >= 0.6 is 0 Å². The summed E-state index contributed by atoms with van der Waals surface area (Å²) in [7, 11) is 0. The Bertz CT molecular complexity index is 344. The van der Waals surface area contributed by atoms with Crippen LogP contribution < -0.4 is 5.32 Å². The molecule has 19 heavy (non-hydrogen) atoms. The quantitative estimate of drug-likeness (QED) is 0.751.